The van der Waals surface area contributed by atoms with Crippen LogP contribution in [-0.2, 0) is 4.79 Å². The highest BCUT2D eigenvalue weighted by molar-refractivity contribution is 5.76. The number of rotatable bonds is 7. The fraction of sp³-hybridized carbons (Fsp3) is 0.552. The van der Waals surface area contributed by atoms with E-state index in [0.29, 0.717) is 19.4 Å². The Morgan fingerprint density at radius 1 is 0.971 bits per heavy atom. The third-order valence-electron chi connectivity index (χ3n) is 9.03. The maximum atomic E-state index is 13.2. The van der Waals surface area contributed by atoms with E-state index in [1.165, 1.54) is 0 Å². The highest BCUT2D eigenvalue weighted by Gasteiger charge is 2.59. The number of hydrogen-bond donors (Lipinski definition) is 4. The zero-order valence-corrected chi connectivity index (χ0v) is 20.4. The number of benzene rings is 2. The lowest BCUT2D eigenvalue weighted by Gasteiger charge is -2.60. The molecular weight excluding hydrogens is 426 g/mol. The molecule has 2 aliphatic carbocycles. The Bertz CT molecular complexity index is 912. The van der Waals surface area contributed by atoms with Gasteiger partial charge in [-0.15, -0.1) is 0 Å². The van der Waals surface area contributed by atoms with Gasteiger partial charge in [0.1, 0.15) is 0 Å². The Morgan fingerprint density at radius 3 is 2.12 bits per heavy atom. The van der Waals surface area contributed by atoms with Gasteiger partial charge in [0.15, 0.2) is 0 Å². The average molecular weight is 466 g/mol. The molecule has 1 amide bonds. The molecule has 2 aromatic carbocycles. The van der Waals surface area contributed by atoms with Gasteiger partial charge in [-0.2, -0.15) is 0 Å². The first-order chi connectivity index (χ1) is 16.3. The molecular formula is C29H39NO4. The first-order valence-corrected chi connectivity index (χ1v) is 12.6. The molecule has 2 aromatic rings. The van der Waals surface area contributed by atoms with Crippen molar-refractivity contribution in [3.8, 4) is 0 Å². The van der Waals surface area contributed by atoms with Crippen molar-refractivity contribution in [2.45, 2.75) is 64.1 Å². The third kappa shape index (κ3) is 4.66. The van der Waals surface area contributed by atoms with E-state index in [4.69, 9.17) is 0 Å². The van der Waals surface area contributed by atoms with Crippen molar-refractivity contribution in [2.24, 2.45) is 22.7 Å². The van der Waals surface area contributed by atoms with E-state index in [1.807, 2.05) is 43.3 Å². The zero-order chi connectivity index (χ0) is 24.3. The molecule has 2 fully saturated rings. The van der Waals surface area contributed by atoms with Gasteiger partial charge in [0.05, 0.1) is 18.8 Å². The van der Waals surface area contributed by atoms with Crippen LogP contribution in [0.2, 0.25) is 0 Å². The molecule has 34 heavy (non-hydrogen) atoms. The summed E-state index contributed by atoms with van der Waals surface area (Å²) in [6.07, 6.45) is 1.83. The molecule has 0 aliphatic heterocycles. The van der Waals surface area contributed by atoms with Crippen molar-refractivity contribution < 1.29 is 20.1 Å². The smallest absolute Gasteiger partial charge is 0.220 e. The molecule has 0 aromatic heterocycles. The monoisotopic (exact) mass is 465 g/mol. The Balaban J connectivity index is 1.49. The number of carbonyl (C=O) groups excluding carboxylic acids is 1. The number of hydrogen-bond acceptors (Lipinski definition) is 4. The lowest BCUT2D eigenvalue weighted by atomic mass is 9.46. The summed E-state index contributed by atoms with van der Waals surface area (Å²) in [6.45, 7) is 4.51. The van der Waals surface area contributed by atoms with Crippen LogP contribution in [0.3, 0.4) is 0 Å². The van der Waals surface area contributed by atoms with Gasteiger partial charge in [0.2, 0.25) is 5.91 Å². The number of aliphatic hydroxyl groups is 3. The number of fused-ring (bicyclic) bond motifs is 1. The molecule has 5 heteroatoms. The standard InChI is InChI=1S/C29H39NO4/c1-28-16-15-26(33)29(2,19-31)25(28)14-13-24(32)23(28)17-27(34)30-18-22(20-9-5-3-6-10-20)21-11-7-4-8-12-21/h3-12,22-26,31-33H,13-19H2,1-2H3,(H,30,34)/t23-,24-,25?,26-,28+,29+/m1/s1. The van der Waals surface area contributed by atoms with Crippen molar-refractivity contribution in [3.05, 3.63) is 71.8 Å². The van der Waals surface area contributed by atoms with E-state index in [0.717, 1.165) is 24.0 Å². The van der Waals surface area contributed by atoms with Crippen molar-refractivity contribution in [3.63, 3.8) is 0 Å². The Hall–Kier alpha value is -2.21. The molecule has 0 saturated heterocycles. The Labute approximate surface area is 203 Å². The van der Waals surface area contributed by atoms with Crippen LogP contribution in [0.15, 0.2) is 60.7 Å². The van der Waals surface area contributed by atoms with Crippen LogP contribution >= 0.6 is 0 Å². The van der Waals surface area contributed by atoms with Crippen LogP contribution in [-0.4, -0.2) is 46.6 Å². The topological polar surface area (TPSA) is 89.8 Å². The van der Waals surface area contributed by atoms with E-state index in [9.17, 15) is 20.1 Å². The number of amides is 1. The molecule has 184 valence electrons. The van der Waals surface area contributed by atoms with Gasteiger partial charge in [-0.25, -0.2) is 0 Å². The fourth-order valence-corrected chi connectivity index (χ4v) is 6.89. The van der Waals surface area contributed by atoms with Crippen LogP contribution in [0.1, 0.15) is 63.0 Å². The summed E-state index contributed by atoms with van der Waals surface area (Å²) in [5.41, 5.74) is 1.40. The highest BCUT2D eigenvalue weighted by Crippen LogP contribution is 2.60. The maximum absolute atomic E-state index is 13.2. The van der Waals surface area contributed by atoms with E-state index >= 15 is 0 Å². The average Bonchev–Trinajstić information content (AvgIpc) is 2.85. The van der Waals surface area contributed by atoms with Crippen molar-refractivity contribution in [1.29, 1.82) is 0 Å². The quantitative estimate of drug-likeness (QED) is 0.500. The molecule has 0 radical (unpaired) electrons. The van der Waals surface area contributed by atoms with E-state index in [1.54, 1.807) is 0 Å². The van der Waals surface area contributed by atoms with Crippen LogP contribution in [0.25, 0.3) is 0 Å². The van der Waals surface area contributed by atoms with Gasteiger partial charge in [0, 0.05) is 24.3 Å². The first-order valence-electron chi connectivity index (χ1n) is 12.6. The second-order valence-electron chi connectivity index (χ2n) is 10.9. The SMILES string of the molecule is C[C@]1(CO)C2CC[C@@H](O)[C@@H](CC(=O)NCC(c3ccccc3)c3ccccc3)[C@]2(C)CC[C@H]1O. The van der Waals surface area contributed by atoms with Crippen LogP contribution in [0, 0.1) is 22.7 Å². The van der Waals surface area contributed by atoms with Gasteiger partial charge in [0.25, 0.3) is 0 Å². The normalized spacial score (nSPS) is 33.4. The van der Waals surface area contributed by atoms with Crippen molar-refractivity contribution >= 4 is 5.91 Å². The Morgan fingerprint density at radius 2 is 1.56 bits per heavy atom. The van der Waals surface area contributed by atoms with Gasteiger partial charge in [-0.3, -0.25) is 4.79 Å². The van der Waals surface area contributed by atoms with Gasteiger partial charge in [-0.1, -0.05) is 74.5 Å². The van der Waals surface area contributed by atoms with E-state index < -0.39 is 17.6 Å². The largest absolute Gasteiger partial charge is 0.396 e. The molecule has 6 atom stereocenters. The molecule has 2 saturated carbocycles. The van der Waals surface area contributed by atoms with Crippen LogP contribution in [0.5, 0.6) is 0 Å². The van der Waals surface area contributed by atoms with E-state index in [-0.39, 0.29) is 42.1 Å². The number of carbonyl (C=O) groups is 1. The maximum Gasteiger partial charge on any atom is 0.220 e. The summed E-state index contributed by atoms with van der Waals surface area (Å²) in [5.74, 6) is -0.138. The summed E-state index contributed by atoms with van der Waals surface area (Å²) in [6, 6.07) is 20.4. The van der Waals surface area contributed by atoms with E-state index in [2.05, 4.69) is 36.5 Å². The molecule has 2 aliphatic rings. The van der Waals surface area contributed by atoms with Crippen LogP contribution in [0.4, 0.5) is 0 Å². The minimum atomic E-state index is -0.604. The summed E-state index contributed by atoms with van der Waals surface area (Å²) < 4.78 is 0. The second-order valence-corrected chi connectivity index (χ2v) is 10.9. The number of aliphatic hydroxyl groups excluding tert-OH is 3. The fourth-order valence-electron chi connectivity index (χ4n) is 6.89. The summed E-state index contributed by atoms with van der Waals surface area (Å²) in [5, 5.41) is 35.0. The molecule has 4 N–H and O–H groups in total. The number of nitrogens with one attached hydrogen (secondary N) is 1. The van der Waals surface area contributed by atoms with Crippen LogP contribution < -0.4 is 5.32 Å². The lowest BCUT2D eigenvalue weighted by Crippen LogP contribution is -2.60. The molecule has 0 heterocycles. The minimum Gasteiger partial charge on any atom is -0.396 e. The summed E-state index contributed by atoms with van der Waals surface area (Å²) in [4.78, 5) is 13.2. The van der Waals surface area contributed by atoms with Gasteiger partial charge in [-0.05, 0) is 54.1 Å². The molecule has 0 spiro atoms. The molecule has 0 bridgehead atoms. The molecule has 5 nitrogen and oxygen atoms in total. The Kier molecular flexibility index (Phi) is 7.46. The third-order valence-corrected chi connectivity index (χ3v) is 9.03. The molecule has 1 unspecified atom stereocenters. The van der Waals surface area contributed by atoms with Gasteiger partial charge >= 0.3 is 0 Å². The van der Waals surface area contributed by atoms with Crippen molar-refractivity contribution in [2.75, 3.05) is 13.2 Å². The molecule has 4 rings (SSSR count). The zero-order valence-electron chi connectivity index (χ0n) is 20.4. The summed E-state index contributed by atoms with van der Waals surface area (Å²) >= 11 is 0. The predicted molar refractivity (Wildman–Crippen MR) is 133 cm³/mol. The minimum absolute atomic E-state index is 0.0495. The summed E-state index contributed by atoms with van der Waals surface area (Å²) in [7, 11) is 0. The predicted octanol–water partition coefficient (Wildman–Crippen LogP) is 3.87. The highest BCUT2D eigenvalue weighted by atomic mass is 16.3. The lowest BCUT2D eigenvalue weighted by molar-refractivity contribution is -0.185. The van der Waals surface area contributed by atoms with Crippen molar-refractivity contribution in [1.82, 2.24) is 5.32 Å². The first kappa shape index (κ1) is 24.9. The second kappa shape index (κ2) is 10.2. The van der Waals surface area contributed by atoms with Gasteiger partial charge < -0.3 is 20.6 Å².